The van der Waals surface area contributed by atoms with E-state index in [1.54, 1.807) is 16.8 Å². The van der Waals surface area contributed by atoms with Crippen LogP contribution in [0.2, 0.25) is 0 Å². The molecule has 2 rings (SSSR count). The molecular formula is C9H10BN2O3. The van der Waals surface area contributed by atoms with Crippen LogP contribution in [0, 0.1) is 0 Å². The highest BCUT2D eigenvalue weighted by Crippen LogP contribution is 2.31. The summed E-state index contributed by atoms with van der Waals surface area (Å²) < 4.78 is 11.7. The van der Waals surface area contributed by atoms with Gasteiger partial charge in [-0.25, -0.2) is 0 Å². The minimum atomic E-state index is 0.459. The van der Waals surface area contributed by atoms with Gasteiger partial charge in [0.2, 0.25) is 0 Å². The quantitative estimate of drug-likeness (QED) is 0.740. The summed E-state index contributed by atoms with van der Waals surface area (Å²) in [5.41, 5.74) is 0.819. The van der Waals surface area contributed by atoms with Gasteiger partial charge in [0.1, 0.15) is 5.75 Å². The third-order valence-electron chi connectivity index (χ3n) is 2.08. The summed E-state index contributed by atoms with van der Waals surface area (Å²) >= 11 is 0. The van der Waals surface area contributed by atoms with Crippen molar-refractivity contribution in [1.29, 1.82) is 0 Å². The lowest BCUT2D eigenvalue weighted by atomic mass is 10.2. The molecule has 1 heterocycles. The Bertz CT molecular complexity index is 483. The van der Waals surface area contributed by atoms with Crippen LogP contribution in [0.5, 0.6) is 11.5 Å². The zero-order valence-corrected chi connectivity index (χ0v) is 8.47. The van der Waals surface area contributed by atoms with Crippen LogP contribution in [0.15, 0.2) is 18.3 Å². The summed E-state index contributed by atoms with van der Waals surface area (Å²) in [6, 6.07) is 3.52. The number of aryl methyl sites for hydroxylation is 1. The molecule has 2 aromatic rings. The van der Waals surface area contributed by atoms with Crippen LogP contribution in [-0.4, -0.2) is 29.6 Å². The molecule has 5 nitrogen and oxygen atoms in total. The van der Waals surface area contributed by atoms with Gasteiger partial charge in [-0.3, -0.25) is 4.68 Å². The van der Waals surface area contributed by atoms with Crippen molar-refractivity contribution >= 4 is 18.6 Å². The number of rotatable bonds is 3. The van der Waals surface area contributed by atoms with Crippen LogP contribution in [0.4, 0.5) is 0 Å². The van der Waals surface area contributed by atoms with Crippen molar-refractivity contribution in [3.63, 3.8) is 0 Å². The van der Waals surface area contributed by atoms with Gasteiger partial charge in [-0.1, -0.05) is 0 Å². The minimum absolute atomic E-state index is 0.459. The monoisotopic (exact) mass is 205 g/mol. The molecule has 0 saturated heterocycles. The van der Waals surface area contributed by atoms with Crippen molar-refractivity contribution in [2.75, 3.05) is 7.11 Å². The van der Waals surface area contributed by atoms with E-state index in [4.69, 9.17) is 14.4 Å². The van der Waals surface area contributed by atoms with Gasteiger partial charge in [-0.05, 0) is 6.07 Å². The molecule has 0 bridgehead atoms. The fraction of sp³-hybridized carbons (Fsp3) is 0.222. The Hall–Kier alpha value is -1.69. The van der Waals surface area contributed by atoms with Gasteiger partial charge in [0.25, 0.3) is 0 Å². The van der Waals surface area contributed by atoms with E-state index in [2.05, 4.69) is 5.10 Å². The fourth-order valence-corrected chi connectivity index (χ4v) is 1.46. The topological polar surface area (TPSA) is 56.5 Å². The predicted octanol–water partition coefficient (Wildman–Crippen LogP) is 0.487. The molecule has 1 radical (unpaired) electrons. The summed E-state index contributed by atoms with van der Waals surface area (Å²) in [7, 11) is 4.00. The number of methoxy groups -OCH3 is 1. The molecule has 77 valence electrons. The van der Waals surface area contributed by atoms with Gasteiger partial charge in [0.15, 0.2) is 5.75 Å². The summed E-state index contributed by atoms with van der Waals surface area (Å²) in [5, 5.41) is 13.8. The molecule has 0 amide bonds. The molecular weight excluding hydrogens is 195 g/mol. The van der Waals surface area contributed by atoms with Crippen molar-refractivity contribution in [1.82, 2.24) is 9.78 Å². The maximum atomic E-state index is 8.59. The molecule has 0 unspecified atom stereocenters. The molecule has 1 N–H and O–H groups in total. The SMILES string of the molecule is COc1cc2nn(C)cc2cc1O[B]O. The Balaban J connectivity index is 2.57. The third kappa shape index (κ3) is 1.76. The second-order valence-electron chi connectivity index (χ2n) is 3.09. The Morgan fingerprint density at radius 2 is 2.20 bits per heavy atom. The molecule has 0 aliphatic carbocycles. The van der Waals surface area contributed by atoms with E-state index in [0.717, 1.165) is 10.9 Å². The van der Waals surface area contributed by atoms with E-state index in [1.807, 2.05) is 13.2 Å². The molecule has 6 heteroatoms. The highest BCUT2D eigenvalue weighted by molar-refractivity contribution is 6.17. The second kappa shape index (κ2) is 3.82. The van der Waals surface area contributed by atoms with Crippen molar-refractivity contribution in [3.8, 4) is 11.5 Å². The first-order valence-electron chi connectivity index (χ1n) is 4.38. The first kappa shape index (κ1) is 9.85. The predicted molar refractivity (Wildman–Crippen MR) is 55.9 cm³/mol. The van der Waals surface area contributed by atoms with Gasteiger partial charge >= 0.3 is 7.69 Å². The smallest absolute Gasteiger partial charge is 0.535 e. The number of aromatic nitrogens is 2. The van der Waals surface area contributed by atoms with Crippen molar-refractivity contribution in [2.24, 2.45) is 7.05 Å². The van der Waals surface area contributed by atoms with E-state index < -0.39 is 0 Å². The van der Waals surface area contributed by atoms with Gasteiger partial charge in [0, 0.05) is 24.7 Å². The number of benzene rings is 1. The Morgan fingerprint density at radius 3 is 2.87 bits per heavy atom. The van der Waals surface area contributed by atoms with Gasteiger partial charge in [-0.2, -0.15) is 5.10 Å². The van der Waals surface area contributed by atoms with Crippen molar-refractivity contribution in [2.45, 2.75) is 0 Å². The lowest BCUT2D eigenvalue weighted by molar-refractivity contribution is 0.382. The van der Waals surface area contributed by atoms with E-state index in [-0.39, 0.29) is 0 Å². The van der Waals surface area contributed by atoms with E-state index >= 15 is 0 Å². The lowest BCUT2D eigenvalue weighted by Gasteiger charge is -2.07. The standard InChI is InChI=1S/C9H10BN2O3/c1-12-5-6-3-9(15-10-13)8(14-2)4-7(6)11-12/h3-5,13H,1-2H3. The van der Waals surface area contributed by atoms with E-state index in [9.17, 15) is 0 Å². The molecule has 0 aliphatic heterocycles. The number of hydrogen-bond donors (Lipinski definition) is 1. The minimum Gasteiger partial charge on any atom is -0.535 e. The summed E-state index contributed by atoms with van der Waals surface area (Å²) in [4.78, 5) is 0. The zero-order valence-electron chi connectivity index (χ0n) is 8.47. The first-order valence-corrected chi connectivity index (χ1v) is 4.38. The Morgan fingerprint density at radius 1 is 1.40 bits per heavy atom. The van der Waals surface area contributed by atoms with Gasteiger partial charge < -0.3 is 14.4 Å². The van der Waals surface area contributed by atoms with Gasteiger partial charge in [-0.15, -0.1) is 0 Å². The maximum absolute atomic E-state index is 8.59. The molecule has 0 atom stereocenters. The molecule has 15 heavy (non-hydrogen) atoms. The number of fused-ring (bicyclic) bond motifs is 1. The molecule has 0 saturated carbocycles. The average molecular weight is 205 g/mol. The van der Waals surface area contributed by atoms with E-state index in [1.165, 1.54) is 7.11 Å². The average Bonchev–Trinajstić information content (AvgIpc) is 2.56. The molecule has 0 fully saturated rings. The number of hydrogen-bond acceptors (Lipinski definition) is 4. The summed E-state index contributed by atoms with van der Waals surface area (Å²) in [6.07, 6.45) is 1.86. The summed E-state index contributed by atoms with van der Waals surface area (Å²) in [5.74, 6) is 0.993. The third-order valence-corrected chi connectivity index (χ3v) is 2.08. The molecule has 0 spiro atoms. The van der Waals surface area contributed by atoms with Crippen LogP contribution in [0.25, 0.3) is 10.9 Å². The highest BCUT2D eigenvalue weighted by Gasteiger charge is 2.09. The normalized spacial score (nSPS) is 10.3. The van der Waals surface area contributed by atoms with Crippen LogP contribution < -0.4 is 9.39 Å². The maximum Gasteiger partial charge on any atom is 0.569 e. The number of ether oxygens (including phenoxy) is 1. The van der Waals surface area contributed by atoms with Gasteiger partial charge in [0.05, 0.1) is 12.6 Å². The lowest BCUT2D eigenvalue weighted by Crippen LogP contribution is -2.01. The zero-order chi connectivity index (χ0) is 10.8. The molecule has 1 aromatic heterocycles. The van der Waals surface area contributed by atoms with Crippen LogP contribution >= 0.6 is 0 Å². The van der Waals surface area contributed by atoms with Crippen LogP contribution in [0.1, 0.15) is 0 Å². The first-order chi connectivity index (χ1) is 7.24. The largest absolute Gasteiger partial charge is 0.569 e. The Kier molecular flexibility index (Phi) is 2.51. The van der Waals surface area contributed by atoms with Crippen LogP contribution in [0.3, 0.4) is 0 Å². The van der Waals surface area contributed by atoms with Crippen molar-refractivity contribution in [3.05, 3.63) is 18.3 Å². The second-order valence-corrected chi connectivity index (χ2v) is 3.09. The highest BCUT2D eigenvalue weighted by atomic mass is 16.5. The summed E-state index contributed by atoms with van der Waals surface area (Å²) in [6.45, 7) is 0. The number of nitrogens with zero attached hydrogens (tertiary/aromatic N) is 2. The van der Waals surface area contributed by atoms with E-state index in [0.29, 0.717) is 19.2 Å². The molecule has 0 aliphatic rings. The fourth-order valence-electron chi connectivity index (χ4n) is 1.46. The Labute approximate surface area is 87.5 Å². The van der Waals surface area contributed by atoms with Crippen molar-refractivity contribution < 1.29 is 14.4 Å². The van der Waals surface area contributed by atoms with Crippen LogP contribution in [-0.2, 0) is 7.05 Å². The molecule has 1 aromatic carbocycles.